The number of rotatable bonds is 4. The van der Waals surface area contributed by atoms with Gasteiger partial charge in [-0.25, -0.2) is 9.18 Å². The fourth-order valence-electron chi connectivity index (χ4n) is 3.46. The zero-order chi connectivity index (χ0) is 22.7. The Morgan fingerprint density at radius 3 is 2.53 bits per heavy atom. The van der Waals surface area contributed by atoms with Crippen LogP contribution in [0.25, 0.3) is 0 Å². The summed E-state index contributed by atoms with van der Waals surface area (Å²) in [5, 5.41) is 12.1. The lowest BCUT2D eigenvalue weighted by Gasteiger charge is -2.17. The van der Waals surface area contributed by atoms with Crippen molar-refractivity contribution in [3.8, 4) is 11.8 Å². The maximum Gasteiger partial charge on any atom is 0.335 e. The molecule has 0 aliphatic carbocycles. The molecule has 2 heterocycles. The Hall–Kier alpha value is -3.47. The van der Waals surface area contributed by atoms with Crippen molar-refractivity contribution in [1.82, 2.24) is 5.32 Å². The molecule has 1 atom stereocenters. The van der Waals surface area contributed by atoms with Crippen LogP contribution in [-0.2, 0) is 17.8 Å². The summed E-state index contributed by atoms with van der Waals surface area (Å²) in [6, 6.07) is 12.0. The Bertz CT molecular complexity index is 1220. The molecule has 7 heteroatoms. The molecule has 32 heavy (non-hydrogen) atoms. The van der Waals surface area contributed by atoms with Crippen molar-refractivity contribution in [2.24, 2.45) is 0 Å². The summed E-state index contributed by atoms with van der Waals surface area (Å²) in [4.78, 5) is 26.0. The average molecular weight is 450 g/mol. The minimum atomic E-state index is -0.998. The van der Waals surface area contributed by atoms with Crippen LogP contribution in [0.1, 0.15) is 60.1 Å². The van der Waals surface area contributed by atoms with Gasteiger partial charge in [0.05, 0.1) is 35.3 Å². The number of halogens is 1. The number of amides is 1. The number of thiophene rings is 1. The van der Waals surface area contributed by atoms with Crippen LogP contribution in [-0.4, -0.2) is 23.6 Å². The number of aromatic carboxylic acids is 1. The fourth-order valence-corrected chi connectivity index (χ4v) is 4.60. The molecular weight excluding hydrogens is 429 g/mol. The van der Waals surface area contributed by atoms with Gasteiger partial charge in [0.1, 0.15) is 5.82 Å². The number of ether oxygens (including phenoxy) is 1. The van der Waals surface area contributed by atoms with Crippen molar-refractivity contribution >= 4 is 23.2 Å². The molecule has 0 fully saturated rings. The van der Waals surface area contributed by atoms with Crippen LogP contribution in [0.15, 0.2) is 48.5 Å². The zero-order valence-electron chi connectivity index (χ0n) is 17.3. The van der Waals surface area contributed by atoms with Crippen molar-refractivity contribution in [3.63, 3.8) is 0 Å². The summed E-state index contributed by atoms with van der Waals surface area (Å²) in [6.07, 6.45) is 0.727. The second-order valence-corrected chi connectivity index (χ2v) is 8.49. The van der Waals surface area contributed by atoms with E-state index >= 15 is 0 Å². The molecule has 162 valence electrons. The third-order valence-corrected chi connectivity index (χ3v) is 6.41. The average Bonchev–Trinajstić information content (AvgIpc) is 3.17. The molecule has 0 saturated heterocycles. The van der Waals surface area contributed by atoms with Crippen LogP contribution in [0.3, 0.4) is 0 Å². The van der Waals surface area contributed by atoms with Crippen LogP contribution in [0.2, 0.25) is 0 Å². The van der Waals surface area contributed by atoms with Crippen molar-refractivity contribution in [2.75, 3.05) is 6.61 Å². The van der Waals surface area contributed by atoms with E-state index in [4.69, 9.17) is 9.84 Å². The summed E-state index contributed by atoms with van der Waals surface area (Å²) >= 11 is 1.49. The molecule has 1 aromatic heterocycles. The summed E-state index contributed by atoms with van der Waals surface area (Å²) in [5.74, 6) is 4.51. The highest BCUT2D eigenvalue weighted by atomic mass is 32.1. The van der Waals surface area contributed by atoms with E-state index in [2.05, 4.69) is 17.2 Å². The lowest BCUT2D eigenvalue weighted by atomic mass is 10.0. The molecule has 1 unspecified atom stereocenters. The Labute approximate surface area is 188 Å². The molecule has 0 saturated carbocycles. The predicted molar refractivity (Wildman–Crippen MR) is 119 cm³/mol. The standard InChI is InChI=1S/C25H20FNO4S/c1-15(17-5-7-18(8-6-17)25(29)30)27-24(28)23-20-14-31-13-12-21(20)32-22(23)11-4-16-2-9-19(26)10-3-16/h2-3,5-10,15H,12-14H2,1H3,(H,27,28)(H,29,30). The minimum Gasteiger partial charge on any atom is -0.478 e. The Morgan fingerprint density at radius 2 is 1.84 bits per heavy atom. The number of benzene rings is 2. The summed E-state index contributed by atoms with van der Waals surface area (Å²) in [6.45, 7) is 2.80. The van der Waals surface area contributed by atoms with Gasteiger partial charge in [0.25, 0.3) is 5.91 Å². The maximum atomic E-state index is 13.2. The molecule has 1 aliphatic rings. The topological polar surface area (TPSA) is 75.6 Å². The Kier molecular flexibility index (Phi) is 6.35. The number of fused-ring (bicyclic) bond motifs is 1. The molecule has 0 spiro atoms. The number of hydrogen-bond donors (Lipinski definition) is 2. The van der Waals surface area contributed by atoms with Gasteiger partial charge in [-0.05, 0) is 54.8 Å². The van der Waals surface area contributed by atoms with Gasteiger partial charge in [-0.1, -0.05) is 18.1 Å². The number of carboxylic acids is 1. The van der Waals surface area contributed by atoms with Crippen LogP contribution in [0, 0.1) is 17.7 Å². The highest BCUT2D eigenvalue weighted by Gasteiger charge is 2.26. The van der Waals surface area contributed by atoms with Gasteiger partial charge >= 0.3 is 5.97 Å². The van der Waals surface area contributed by atoms with E-state index in [1.165, 1.54) is 35.6 Å². The van der Waals surface area contributed by atoms with Gasteiger partial charge < -0.3 is 15.2 Å². The van der Waals surface area contributed by atoms with Gasteiger partial charge in [-0.2, -0.15) is 0 Å². The Balaban J connectivity index is 1.61. The van der Waals surface area contributed by atoms with E-state index in [0.717, 1.165) is 22.4 Å². The van der Waals surface area contributed by atoms with E-state index in [1.54, 1.807) is 24.3 Å². The number of hydrogen-bond acceptors (Lipinski definition) is 4. The number of carbonyl (C=O) groups excluding carboxylic acids is 1. The highest BCUT2D eigenvalue weighted by Crippen LogP contribution is 2.32. The summed E-state index contributed by atoms with van der Waals surface area (Å²) < 4.78 is 18.7. The van der Waals surface area contributed by atoms with Crippen molar-refractivity contribution in [2.45, 2.75) is 26.0 Å². The first kappa shape index (κ1) is 21.8. The van der Waals surface area contributed by atoms with Crippen LogP contribution < -0.4 is 5.32 Å². The Morgan fingerprint density at radius 1 is 1.12 bits per heavy atom. The van der Waals surface area contributed by atoms with Crippen molar-refractivity contribution < 1.29 is 23.8 Å². The van der Waals surface area contributed by atoms with E-state index in [1.807, 2.05) is 6.92 Å². The van der Waals surface area contributed by atoms with Gasteiger partial charge in [0.15, 0.2) is 0 Å². The minimum absolute atomic E-state index is 0.190. The first-order valence-electron chi connectivity index (χ1n) is 10.1. The SMILES string of the molecule is CC(NC(=O)c1c(C#Cc2ccc(F)cc2)sc2c1COCC2)c1ccc(C(=O)O)cc1. The maximum absolute atomic E-state index is 13.2. The molecule has 5 nitrogen and oxygen atoms in total. The third-order valence-electron chi connectivity index (χ3n) is 5.21. The summed E-state index contributed by atoms with van der Waals surface area (Å²) in [5.41, 5.74) is 3.01. The summed E-state index contributed by atoms with van der Waals surface area (Å²) in [7, 11) is 0. The normalized spacial score (nSPS) is 13.4. The first-order chi connectivity index (χ1) is 15.4. The monoisotopic (exact) mass is 449 g/mol. The lowest BCUT2D eigenvalue weighted by Crippen LogP contribution is -2.28. The number of carboxylic acid groups (broad SMARTS) is 1. The molecule has 0 bridgehead atoms. The largest absolute Gasteiger partial charge is 0.478 e. The van der Waals surface area contributed by atoms with Crippen LogP contribution >= 0.6 is 11.3 Å². The molecule has 4 rings (SSSR count). The molecule has 3 aromatic rings. The highest BCUT2D eigenvalue weighted by molar-refractivity contribution is 7.13. The molecule has 1 aliphatic heterocycles. The molecule has 2 aromatic carbocycles. The van der Waals surface area contributed by atoms with Crippen LogP contribution in [0.5, 0.6) is 0 Å². The van der Waals surface area contributed by atoms with E-state index in [-0.39, 0.29) is 23.3 Å². The second kappa shape index (κ2) is 9.35. The van der Waals surface area contributed by atoms with E-state index in [0.29, 0.717) is 29.2 Å². The molecule has 1 amide bonds. The number of nitrogens with one attached hydrogen (secondary N) is 1. The van der Waals surface area contributed by atoms with Crippen molar-refractivity contribution in [3.05, 3.63) is 91.9 Å². The molecular formula is C25H20FNO4S. The van der Waals surface area contributed by atoms with E-state index in [9.17, 15) is 14.0 Å². The lowest BCUT2D eigenvalue weighted by molar-refractivity contribution is 0.0696. The van der Waals surface area contributed by atoms with E-state index < -0.39 is 5.97 Å². The third kappa shape index (κ3) is 4.72. The molecule has 2 N–H and O–H groups in total. The quantitative estimate of drug-likeness (QED) is 0.573. The predicted octanol–water partition coefficient (Wildman–Crippen LogP) is 4.55. The van der Waals surface area contributed by atoms with Gasteiger partial charge in [-0.15, -0.1) is 11.3 Å². The van der Waals surface area contributed by atoms with Crippen LogP contribution in [0.4, 0.5) is 4.39 Å². The molecule has 0 radical (unpaired) electrons. The number of carbonyl (C=O) groups is 2. The second-order valence-electron chi connectivity index (χ2n) is 7.39. The van der Waals surface area contributed by atoms with Gasteiger partial charge in [-0.3, -0.25) is 4.79 Å². The zero-order valence-corrected chi connectivity index (χ0v) is 18.1. The van der Waals surface area contributed by atoms with Gasteiger partial charge in [0, 0.05) is 22.4 Å². The van der Waals surface area contributed by atoms with Gasteiger partial charge in [0.2, 0.25) is 0 Å². The van der Waals surface area contributed by atoms with Crippen molar-refractivity contribution in [1.29, 1.82) is 0 Å². The first-order valence-corrected chi connectivity index (χ1v) is 10.9. The fraction of sp³-hybridized carbons (Fsp3) is 0.200. The smallest absolute Gasteiger partial charge is 0.335 e.